The third-order valence-electron chi connectivity index (χ3n) is 7.47. The van der Waals surface area contributed by atoms with E-state index in [-0.39, 0.29) is 11.9 Å². The third-order valence-corrected chi connectivity index (χ3v) is 7.47. The topological polar surface area (TPSA) is 59.1 Å². The van der Waals surface area contributed by atoms with Crippen LogP contribution in [-0.4, -0.2) is 74.2 Å². The van der Waals surface area contributed by atoms with Crippen molar-refractivity contribution in [2.45, 2.75) is 111 Å². The molecule has 2 aliphatic heterocycles. The van der Waals surface area contributed by atoms with Gasteiger partial charge < -0.3 is 19.3 Å². The predicted octanol–water partition coefficient (Wildman–Crippen LogP) is 6.07. The SMILES string of the molecule is CCCCOC(=O)CCN1CCC(CC)CC1.CCCCOC(=O)CCN1CCC(CCC)CC1. The summed E-state index contributed by atoms with van der Waals surface area (Å²) < 4.78 is 10.3. The molecule has 0 aromatic carbocycles. The summed E-state index contributed by atoms with van der Waals surface area (Å²) in [6, 6.07) is 0. The van der Waals surface area contributed by atoms with Gasteiger partial charge in [-0.3, -0.25) is 9.59 Å². The van der Waals surface area contributed by atoms with Crippen molar-refractivity contribution < 1.29 is 19.1 Å². The Labute approximate surface area is 216 Å². The molecular formula is C29H56N2O4. The molecule has 2 aliphatic rings. The van der Waals surface area contributed by atoms with Crippen molar-refractivity contribution in [1.82, 2.24) is 9.80 Å². The van der Waals surface area contributed by atoms with Crippen LogP contribution in [0.3, 0.4) is 0 Å². The van der Waals surface area contributed by atoms with E-state index in [1.165, 1.54) is 44.9 Å². The van der Waals surface area contributed by atoms with Gasteiger partial charge >= 0.3 is 11.9 Å². The number of carbonyl (C=O) groups excluding carboxylic acids is 2. The molecular weight excluding hydrogens is 440 g/mol. The van der Waals surface area contributed by atoms with Crippen molar-refractivity contribution in [3.8, 4) is 0 Å². The highest BCUT2D eigenvalue weighted by atomic mass is 16.5. The number of nitrogens with zero attached hydrogens (tertiary/aromatic N) is 2. The third kappa shape index (κ3) is 16.3. The minimum absolute atomic E-state index is 0.0286. The Balaban J connectivity index is 0.000000351. The lowest BCUT2D eigenvalue weighted by Gasteiger charge is -2.31. The van der Waals surface area contributed by atoms with Crippen LogP contribution in [0.15, 0.2) is 0 Å². The summed E-state index contributed by atoms with van der Waals surface area (Å²) in [4.78, 5) is 27.7. The van der Waals surface area contributed by atoms with E-state index in [4.69, 9.17) is 9.47 Å². The number of ether oxygens (including phenoxy) is 2. The lowest BCUT2D eigenvalue weighted by Crippen LogP contribution is -2.35. The molecule has 0 atom stereocenters. The summed E-state index contributed by atoms with van der Waals surface area (Å²) in [5, 5.41) is 0. The van der Waals surface area contributed by atoms with E-state index >= 15 is 0 Å². The molecule has 0 aromatic heterocycles. The molecule has 2 saturated heterocycles. The molecule has 6 heteroatoms. The quantitative estimate of drug-likeness (QED) is 0.202. The average Bonchev–Trinajstić information content (AvgIpc) is 2.88. The number of likely N-dealkylation sites (tertiary alicyclic amines) is 2. The molecule has 0 aromatic rings. The molecule has 0 unspecified atom stereocenters. The predicted molar refractivity (Wildman–Crippen MR) is 144 cm³/mol. The maximum absolute atomic E-state index is 11.5. The van der Waals surface area contributed by atoms with Crippen LogP contribution in [0.5, 0.6) is 0 Å². The Morgan fingerprint density at radius 2 is 1.09 bits per heavy atom. The zero-order chi connectivity index (χ0) is 25.7. The number of hydrogen-bond acceptors (Lipinski definition) is 6. The molecule has 0 saturated carbocycles. The summed E-state index contributed by atoms with van der Waals surface area (Å²) >= 11 is 0. The first kappa shape index (κ1) is 31.9. The highest BCUT2D eigenvalue weighted by Gasteiger charge is 2.19. The van der Waals surface area contributed by atoms with E-state index in [9.17, 15) is 9.59 Å². The van der Waals surface area contributed by atoms with E-state index in [1.54, 1.807) is 0 Å². The van der Waals surface area contributed by atoms with Crippen LogP contribution in [0.4, 0.5) is 0 Å². The Bertz CT molecular complexity index is 527. The van der Waals surface area contributed by atoms with Gasteiger partial charge in [-0.15, -0.1) is 0 Å². The van der Waals surface area contributed by atoms with Gasteiger partial charge in [0.2, 0.25) is 0 Å². The number of hydrogen-bond donors (Lipinski definition) is 0. The molecule has 35 heavy (non-hydrogen) atoms. The van der Waals surface area contributed by atoms with Crippen LogP contribution >= 0.6 is 0 Å². The highest BCUT2D eigenvalue weighted by Crippen LogP contribution is 2.22. The summed E-state index contributed by atoms with van der Waals surface area (Å²) in [5.41, 5.74) is 0. The summed E-state index contributed by atoms with van der Waals surface area (Å²) in [6.07, 6.45) is 14.4. The zero-order valence-electron chi connectivity index (χ0n) is 23.5. The Morgan fingerprint density at radius 1 is 0.657 bits per heavy atom. The zero-order valence-corrected chi connectivity index (χ0v) is 23.5. The summed E-state index contributed by atoms with van der Waals surface area (Å²) in [7, 11) is 0. The summed E-state index contributed by atoms with van der Waals surface area (Å²) in [5.74, 6) is 1.76. The monoisotopic (exact) mass is 496 g/mol. The maximum Gasteiger partial charge on any atom is 0.307 e. The standard InChI is InChI=1S/C15H29NO2.C14H27NO2/c1-3-5-13-18-15(17)9-12-16-10-7-14(6-4-2)8-11-16;1-3-5-12-17-14(16)8-11-15-9-6-13(4-2)7-10-15/h14H,3-13H2,1-2H3;13H,3-12H2,1-2H3. The molecule has 0 spiro atoms. The van der Waals surface area contributed by atoms with Gasteiger partial charge in [-0.2, -0.15) is 0 Å². The van der Waals surface area contributed by atoms with E-state index in [1.807, 2.05) is 0 Å². The Hall–Kier alpha value is -1.14. The van der Waals surface area contributed by atoms with E-state index in [2.05, 4.69) is 37.5 Å². The van der Waals surface area contributed by atoms with Crippen molar-refractivity contribution in [3.63, 3.8) is 0 Å². The first-order chi connectivity index (χ1) is 17.0. The fourth-order valence-electron chi connectivity index (χ4n) is 4.83. The number of unbranched alkanes of at least 4 members (excludes halogenated alkanes) is 2. The molecule has 6 nitrogen and oxygen atoms in total. The fourth-order valence-corrected chi connectivity index (χ4v) is 4.83. The second-order valence-corrected chi connectivity index (χ2v) is 10.4. The molecule has 2 heterocycles. The van der Waals surface area contributed by atoms with Crippen LogP contribution in [-0.2, 0) is 19.1 Å². The summed E-state index contributed by atoms with van der Waals surface area (Å²) in [6.45, 7) is 16.3. The van der Waals surface area contributed by atoms with Crippen LogP contribution < -0.4 is 0 Å². The van der Waals surface area contributed by atoms with E-state index in [0.717, 1.165) is 76.8 Å². The molecule has 2 rings (SSSR count). The van der Waals surface area contributed by atoms with Gasteiger partial charge in [0, 0.05) is 13.1 Å². The van der Waals surface area contributed by atoms with Gasteiger partial charge in [0.25, 0.3) is 0 Å². The first-order valence-electron chi connectivity index (χ1n) is 14.8. The van der Waals surface area contributed by atoms with E-state index in [0.29, 0.717) is 26.1 Å². The lowest BCUT2D eigenvalue weighted by atomic mass is 9.92. The number of piperidine rings is 2. The second kappa shape index (κ2) is 21.0. The van der Waals surface area contributed by atoms with Gasteiger partial charge in [-0.25, -0.2) is 0 Å². The normalized spacial score (nSPS) is 18.1. The average molecular weight is 497 g/mol. The first-order valence-corrected chi connectivity index (χ1v) is 14.8. The molecule has 0 amide bonds. The highest BCUT2D eigenvalue weighted by molar-refractivity contribution is 5.69. The number of carbonyl (C=O) groups is 2. The Morgan fingerprint density at radius 3 is 1.46 bits per heavy atom. The molecule has 206 valence electrons. The lowest BCUT2D eigenvalue weighted by molar-refractivity contribution is -0.145. The molecule has 2 fully saturated rings. The minimum atomic E-state index is -0.0314. The molecule has 0 aliphatic carbocycles. The fraction of sp³-hybridized carbons (Fsp3) is 0.931. The van der Waals surface area contributed by atoms with E-state index < -0.39 is 0 Å². The van der Waals surface area contributed by atoms with Crippen molar-refractivity contribution in [2.75, 3.05) is 52.5 Å². The molecule has 0 N–H and O–H groups in total. The van der Waals surface area contributed by atoms with Crippen molar-refractivity contribution >= 4 is 11.9 Å². The Kier molecular flexibility index (Phi) is 19.1. The maximum atomic E-state index is 11.5. The van der Waals surface area contributed by atoms with Crippen LogP contribution in [0.25, 0.3) is 0 Å². The van der Waals surface area contributed by atoms with Gasteiger partial charge in [-0.1, -0.05) is 59.8 Å². The largest absolute Gasteiger partial charge is 0.466 e. The van der Waals surface area contributed by atoms with Crippen molar-refractivity contribution in [1.29, 1.82) is 0 Å². The second-order valence-electron chi connectivity index (χ2n) is 10.4. The van der Waals surface area contributed by atoms with Gasteiger partial charge in [0.1, 0.15) is 0 Å². The minimum Gasteiger partial charge on any atom is -0.466 e. The van der Waals surface area contributed by atoms with Crippen molar-refractivity contribution in [2.24, 2.45) is 11.8 Å². The molecule has 0 radical (unpaired) electrons. The van der Waals surface area contributed by atoms with Gasteiger partial charge in [0.15, 0.2) is 0 Å². The van der Waals surface area contributed by atoms with Gasteiger partial charge in [-0.05, 0) is 76.5 Å². The van der Waals surface area contributed by atoms with Crippen molar-refractivity contribution in [3.05, 3.63) is 0 Å². The molecule has 0 bridgehead atoms. The van der Waals surface area contributed by atoms with Gasteiger partial charge in [0.05, 0.1) is 26.1 Å². The van der Waals surface area contributed by atoms with Crippen LogP contribution in [0.2, 0.25) is 0 Å². The smallest absolute Gasteiger partial charge is 0.307 e. The number of esters is 2. The van der Waals surface area contributed by atoms with Crippen LogP contribution in [0.1, 0.15) is 111 Å². The number of rotatable bonds is 15. The van der Waals surface area contributed by atoms with Crippen LogP contribution in [0, 0.1) is 11.8 Å².